The summed E-state index contributed by atoms with van der Waals surface area (Å²) in [5.74, 6) is 0.476. The van der Waals surface area contributed by atoms with E-state index >= 15 is 0 Å². The first-order valence-corrected chi connectivity index (χ1v) is 5.55. The normalized spacial score (nSPS) is 10.9. The molecule has 0 N–H and O–H groups in total. The van der Waals surface area contributed by atoms with Crippen LogP contribution in [0, 0.1) is 11.3 Å². The summed E-state index contributed by atoms with van der Waals surface area (Å²) in [6, 6.07) is 7.16. The van der Waals surface area contributed by atoms with Crippen LogP contribution in [0.15, 0.2) is 33.2 Å². The van der Waals surface area contributed by atoms with Crippen molar-refractivity contribution >= 4 is 39.1 Å². The van der Waals surface area contributed by atoms with Crippen LogP contribution in [0.5, 0.6) is 5.75 Å². The Labute approximate surface area is 106 Å². The maximum absolute atomic E-state index is 8.81. The second kappa shape index (κ2) is 6.02. The van der Waals surface area contributed by atoms with Crippen molar-refractivity contribution in [1.82, 2.24) is 0 Å². The highest BCUT2D eigenvalue weighted by atomic mass is 79.9. The number of halogens is 3. The van der Waals surface area contributed by atoms with Gasteiger partial charge in [-0.15, -0.1) is 0 Å². The molecule has 0 atom stereocenters. The molecular weight excluding hydrogens is 301 g/mol. The fourth-order valence-electron chi connectivity index (χ4n) is 0.886. The molecule has 0 aliphatic rings. The van der Waals surface area contributed by atoms with Crippen LogP contribution in [0.1, 0.15) is 5.56 Å². The molecule has 0 radical (unpaired) electrons. The van der Waals surface area contributed by atoms with Gasteiger partial charge >= 0.3 is 0 Å². The van der Waals surface area contributed by atoms with Gasteiger partial charge in [0.2, 0.25) is 0 Å². The third-order valence-corrected chi connectivity index (χ3v) is 2.63. The molecule has 15 heavy (non-hydrogen) atoms. The van der Waals surface area contributed by atoms with Crippen LogP contribution >= 0.6 is 39.1 Å². The number of rotatable bonds is 3. The highest BCUT2D eigenvalue weighted by Gasteiger charge is 2.04. The van der Waals surface area contributed by atoms with E-state index in [0.29, 0.717) is 16.3 Å². The molecule has 1 rings (SSSR count). The zero-order valence-electron chi connectivity index (χ0n) is 7.51. The van der Waals surface area contributed by atoms with Gasteiger partial charge in [0.1, 0.15) is 18.4 Å². The Morgan fingerprint density at radius 2 is 2.33 bits per heavy atom. The minimum atomic E-state index is 0.149. The SMILES string of the molecule is N#Cc1ccc(Br)cc1OC/C(Cl)=C\Cl. The lowest BCUT2D eigenvalue weighted by atomic mass is 10.2. The van der Waals surface area contributed by atoms with Crippen LogP contribution in [0.3, 0.4) is 0 Å². The van der Waals surface area contributed by atoms with Crippen LogP contribution in [0.2, 0.25) is 0 Å². The van der Waals surface area contributed by atoms with E-state index in [2.05, 4.69) is 15.9 Å². The van der Waals surface area contributed by atoms with Crippen LogP contribution < -0.4 is 4.74 Å². The average molecular weight is 307 g/mol. The maximum atomic E-state index is 8.81. The third kappa shape index (κ3) is 3.75. The molecule has 0 spiro atoms. The van der Waals surface area contributed by atoms with E-state index < -0.39 is 0 Å². The minimum Gasteiger partial charge on any atom is -0.487 e. The number of benzene rings is 1. The monoisotopic (exact) mass is 305 g/mol. The summed E-state index contributed by atoms with van der Waals surface area (Å²) < 4.78 is 6.16. The average Bonchev–Trinajstić information content (AvgIpc) is 2.26. The van der Waals surface area contributed by atoms with E-state index in [-0.39, 0.29) is 6.61 Å². The van der Waals surface area contributed by atoms with Crippen molar-refractivity contribution < 1.29 is 4.74 Å². The van der Waals surface area contributed by atoms with Gasteiger partial charge in [-0.05, 0) is 18.2 Å². The Balaban J connectivity index is 2.84. The first-order chi connectivity index (χ1) is 7.17. The van der Waals surface area contributed by atoms with Crippen molar-refractivity contribution in [3.8, 4) is 11.8 Å². The Morgan fingerprint density at radius 1 is 1.60 bits per heavy atom. The fraction of sp³-hybridized carbons (Fsp3) is 0.100. The summed E-state index contributed by atoms with van der Waals surface area (Å²) >= 11 is 14.3. The molecule has 0 saturated carbocycles. The summed E-state index contributed by atoms with van der Waals surface area (Å²) in [4.78, 5) is 0. The molecule has 78 valence electrons. The summed E-state index contributed by atoms with van der Waals surface area (Å²) in [5, 5.41) is 9.19. The predicted molar refractivity (Wildman–Crippen MR) is 64.1 cm³/mol. The highest BCUT2D eigenvalue weighted by Crippen LogP contribution is 2.23. The van der Waals surface area contributed by atoms with E-state index in [1.165, 1.54) is 5.54 Å². The molecule has 5 heteroatoms. The van der Waals surface area contributed by atoms with E-state index in [1.807, 2.05) is 6.07 Å². The lowest BCUT2D eigenvalue weighted by Gasteiger charge is -2.06. The summed E-state index contributed by atoms with van der Waals surface area (Å²) in [7, 11) is 0. The Morgan fingerprint density at radius 3 is 2.93 bits per heavy atom. The molecule has 0 unspecified atom stereocenters. The number of ether oxygens (including phenoxy) is 1. The molecule has 0 aromatic heterocycles. The molecule has 0 heterocycles. The van der Waals surface area contributed by atoms with Gasteiger partial charge in [0, 0.05) is 10.0 Å². The van der Waals surface area contributed by atoms with Crippen LogP contribution in [-0.2, 0) is 0 Å². The first-order valence-electron chi connectivity index (χ1n) is 3.94. The van der Waals surface area contributed by atoms with Gasteiger partial charge in [0.15, 0.2) is 0 Å². The summed E-state index contributed by atoms with van der Waals surface area (Å²) in [6.07, 6.45) is 0. The van der Waals surface area contributed by atoms with Crippen molar-refractivity contribution in [2.24, 2.45) is 0 Å². The largest absolute Gasteiger partial charge is 0.487 e. The Hall–Kier alpha value is -0.690. The second-order valence-corrected chi connectivity index (χ2v) is 4.22. The molecule has 0 amide bonds. The zero-order valence-corrected chi connectivity index (χ0v) is 10.6. The van der Waals surface area contributed by atoms with E-state index in [9.17, 15) is 0 Å². The van der Waals surface area contributed by atoms with E-state index in [4.69, 9.17) is 33.2 Å². The Bertz CT molecular complexity index is 426. The van der Waals surface area contributed by atoms with Gasteiger partial charge in [0.05, 0.1) is 10.6 Å². The van der Waals surface area contributed by atoms with Gasteiger partial charge in [-0.2, -0.15) is 5.26 Å². The first kappa shape index (κ1) is 12.4. The number of nitriles is 1. The van der Waals surface area contributed by atoms with Gasteiger partial charge < -0.3 is 4.74 Å². The van der Waals surface area contributed by atoms with E-state index in [1.54, 1.807) is 18.2 Å². The molecule has 0 fully saturated rings. The van der Waals surface area contributed by atoms with Crippen molar-refractivity contribution in [2.45, 2.75) is 0 Å². The van der Waals surface area contributed by atoms with Crippen LogP contribution in [0.25, 0.3) is 0 Å². The predicted octanol–water partition coefficient (Wildman–Crippen LogP) is 4.02. The van der Waals surface area contributed by atoms with Crippen LogP contribution in [-0.4, -0.2) is 6.61 Å². The van der Waals surface area contributed by atoms with Crippen molar-refractivity contribution in [2.75, 3.05) is 6.61 Å². The van der Waals surface area contributed by atoms with Crippen molar-refractivity contribution in [3.63, 3.8) is 0 Å². The molecule has 0 saturated heterocycles. The van der Waals surface area contributed by atoms with Crippen LogP contribution in [0.4, 0.5) is 0 Å². The Kier molecular flexibility index (Phi) is 4.97. The maximum Gasteiger partial charge on any atom is 0.138 e. The zero-order chi connectivity index (χ0) is 11.3. The smallest absolute Gasteiger partial charge is 0.138 e. The van der Waals surface area contributed by atoms with Gasteiger partial charge in [-0.25, -0.2) is 0 Å². The number of nitrogens with zero attached hydrogens (tertiary/aromatic N) is 1. The third-order valence-electron chi connectivity index (χ3n) is 1.55. The van der Waals surface area contributed by atoms with Gasteiger partial charge in [0.25, 0.3) is 0 Å². The lowest BCUT2D eigenvalue weighted by Crippen LogP contribution is -1.98. The molecule has 1 aromatic carbocycles. The highest BCUT2D eigenvalue weighted by molar-refractivity contribution is 9.10. The van der Waals surface area contributed by atoms with Gasteiger partial charge in [-0.3, -0.25) is 0 Å². The standard InChI is InChI=1S/C10H6BrCl2NO/c11-8-2-1-7(5-14)10(3-8)15-6-9(13)4-12/h1-4H,6H2/b9-4+. The van der Waals surface area contributed by atoms with Crippen molar-refractivity contribution in [1.29, 1.82) is 5.26 Å². The van der Waals surface area contributed by atoms with Crippen molar-refractivity contribution in [3.05, 3.63) is 38.8 Å². The topological polar surface area (TPSA) is 33.0 Å². The molecule has 2 nitrogen and oxygen atoms in total. The number of hydrogen-bond donors (Lipinski definition) is 0. The van der Waals surface area contributed by atoms with Gasteiger partial charge in [-0.1, -0.05) is 39.1 Å². The van der Waals surface area contributed by atoms with E-state index in [0.717, 1.165) is 4.47 Å². The lowest BCUT2D eigenvalue weighted by molar-refractivity contribution is 0.358. The minimum absolute atomic E-state index is 0.149. The molecule has 1 aromatic rings. The molecule has 0 aliphatic carbocycles. The molecular formula is C10H6BrCl2NO. The fourth-order valence-corrected chi connectivity index (χ4v) is 1.34. The summed E-state index contributed by atoms with van der Waals surface area (Å²) in [5.41, 5.74) is 1.68. The quantitative estimate of drug-likeness (QED) is 0.845. The summed E-state index contributed by atoms with van der Waals surface area (Å²) in [6.45, 7) is 0.149. The second-order valence-electron chi connectivity index (χ2n) is 2.60. The molecule has 0 bridgehead atoms. The number of hydrogen-bond acceptors (Lipinski definition) is 2. The molecule has 0 aliphatic heterocycles.